The molecule has 0 fully saturated rings. The van der Waals surface area contributed by atoms with Crippen LogP contribution in [0.5, 0.6) is 0 Å². The van der Waals surface area contributed by atoms with Crippen molar-refractivity contribution in [1.82, 2.24) is 4.90 Å². The van der Waals surface area contributed by atoms with Crippen molar-refractivity contribution in [2.24, 2.45) is 5.92 Å². The van der Waals surface area contributed by atoms with Crippen LogP contribution in [0.25, 0.3) is 0 Å². The quantitative estimate of drug-likeness (QED) is 0.0364. The van der Waals surface area contributed by atoms with E-state index in [1.54, 1.807) is 11.8 Å². The number of carbonyl (C=O) groups excluding carboxylic acids is 3. The molecule has 0 aliphatic heterocycles. The number of esters is 2. The molecule has 7 heteroatoms. The molecule has 0 N–H and O–H groups in total. The van der Waals surface area contributed by atoms with Crippen LogP contribution in [0.4, 0.5) is 0 Å². The summed E-state index contributed by atoms with van der Waals surface area (Å²) >= 11 is 1.54. The zero-order valence-electron chi connectivity index (χ0n) is 32.5. The fourth-order valence-electron chi connectivity index (χ4n) is 5.78. The molecule has 0 aromatic carbocycles. The Morgan fingerprint density at radius 2 is 1.00 bits per heavy atom. The Morgan fingerprint density at radius 3 is 1.47 bits per heavy atom. The van der Waals surface area contributed by atoms with Crippen LogP contribution in [0.1, 0.15) is 181 Å². The second kappa shape index (κ2) is 37.7. The number of hydrogen-bond acceptors (Lipinski definition) is 7. The monoisotopic (exact) mass is 708 g/mol. The Hall–Kier alpha value is -1.60. The minimum Gasteiger partial charge on any atom is -0.461 e. The maximum absolute atomic E-state index is 12.5. The molecule has 0 heterocycles. The fraction of sp³-hybridized carbons (Fsp3) is 0.833. The largest absolute Gasteiger partial charge is 0.461 e. The molecular formula is C42H77NO5S. The molecule has 6 nitrogen and oxygen atoms in total. The summed E-state index contributed by atoms with van der Waals surface area (Å²) in [7, 11) is 4.10. The Labute approximate surface area is 307 Å². The van der Waals surface area contributed by atoms with Gasteiger partial charge in [-0.3, -0.25) is 14.4 Å². The Balaban J connectivity index is 4.14. The van der Waals surface area contributed by atoms with E-state index in [4.69, 9.17) is 9.47 Å². The first-order chi connectivity index (χ1) is 23.9. The van der Waals surface area contributed by atoms with E-state index in [1.165, 1.54) is 89.9 Å². The van der Waals surface area contributed by atoms with Crippen LogP contribution in [0.3, 0.4) is 0 Å². The number of thioether (sulfide) groups is 1. The number of nitrogens with zero attached hydrogens (tertiary/aromatic N) is 1. The first kappa shape index (κ1) is 47.4. The third kappa shape index (κ3) is 37.5. The minimum absolute atomic E-state index is 0.0841. The third-order valence-corrected chi connectivity index (χ3v) is 10.1. The van der Waals surface area contributed by atoms with Crippen molar-refractivity contribution in [3.8, 4) is 0 Å². The highest BCUT2D eigenvalue weighted by Crippen LogP contribution is 2.24. The lowest BCUT2D eigenvalue weighted by Gasteiger charge is -2.16. The average Bonchev–Trinajstić information content (AvgIpc) is 3.08. The van der Waals surface area contributed by atoms with Gasteiger partial charge in [0.05, 0.1) is 0 Å². The third-order valence-electron chi connectivity index (χ3n) is 8.92. The van der Waals surface area contributed by atoms with Crippen LogP contribution >= 0.6 is 11.8 Å². The summed E-state index contributed by atoms with van der Waals surface area (Å²) in [5.41, 5.74) is 0. The molecule has 0 spiro atoms. The molecule has 0 aliphatic carbocycles. The van der Waals surface area contributed by atoms with Gasteiger partial charge >= 0.3 is 11.9 Å². The first-order valence-electron chi connectivity index (χ1n) is 20.3. The number of hydrogen-bond donors (Lipinski definition) is 0. The molecule has 49 heavy (non-hydrogen) atoms. The smallest absolute Gasteiger partial charge is 0.306 e. The molecule has 0 atom stereocenters. The van der Waals surface area contributed by atoms with Crippen LogP contribution in [-0.2, 0) is 23.9 Å². The standard InChI is InChI=1S/C42H77NO5S/c1-5-7-9-11-13-21-27-36-47-40(44)32-25-19-15-17-23-30-39(38-49-42(46)34-29-35-43(3)4)31-24-18-16-20-26-33-41(45)48-37-28-22-14-12-10-8-6-2/h21-22,27-28,39H,5-20,23-26,29-38H2,1-4H3/b27-21-,28-22-. The summed E-state index contributed by atoms with van der Waals surface area (Å²) in [5.74, 6) is 1.34. The second-order valence-electron chi connectivity index (χ2n) is 14.1. The van der Waals surface area contributed by atoms with Gasteiger partial charge in [-0.2, -0.15) is 0 Å². The summed E-state index contributed by atoms with van der Waals surface area (Å²) in [6, 6.07) is 0. The molecule has 0 unspecified atom stereocenters. The molecular weight excluding hydrogens is 631 g/mol. The lowest BCUT2D eigenvalue weighted by atomic mass is 9.95. The predicted molar refractivity (Wildman–Crippen MR) is 211 cm³/mol. The molecule has 0 amide bonds. The van der Waals surface area contributed by atoms with Crippen LogP contribution in [0.15, 0.2) is 24.3 Å². The summed E-state index contributed by atoms with van der Waals surface area (Å²) in [6.07, 6.45) is 36.3. The number of allylic oxidation sites excluding steroid dienone is 2. The average molecular weight is 708 g/mol. The van der Waals surface area contributed by atoms with Crippen molar-refractivity contribution < 1.29 is 23.9 Å². The topological polar surface area (TPSA) is 72.9 Å². The van der Waals surface area contributed by atoms with E-state index >= 15 is 0 Å². The van der Waals surface area contributed by atoms with Crippen LogP contribution < -0.4 is 0 Å². The maximum atomic E-state index is 12.5. The molecule has 0 rings (SSSR count). The maximum Gasteiger partial charge on any atom is 0.306 e. The van der Waals surface area contributed by atoms with Crippen LogP contribution in [0, 0.1) is 5.92 Å². The van der Waals surface area contributed by atoms with Gasteiger partial charge < -0.3 is 14.4 Å². The van der Waals surface area contributed by atoms with Crippen LogP contribution in [0.2, 0.25) is 0 Å². The van der Waals surface area contributed by atoms with E-state index < -0.39 is 0 Å². The zero-order valence-corrected chi connectivity index (χ0v) is 33.3. The predicted octanol–water partition coefficient (Wildman–Crippen LogP) is 11.8. The Bertz CT molecular complexity index is 776. The molecule has 0 saturated carbocycles. The highest BCUT2D eigenvalue weighted by Gasteiger charge is 2.13. The fourth-order valence-corrected chi connectivity index (χ4v) is 6.82. The van der Waals surface area contributed by atoms with Gasteiger partial charge in [0.15, 0.2) is 5.12 Å². The molecule has 286 valence electrons. The van der Waals surface area contributed by atoms with E-state index in [0.29, 0.717) is 43.5 Å². The van der Waals surface area contributed by atoms with E-state index in [1.807, 2.05) is 12.2 Å². The summed E-state index contributed by atoms with van der Waals surface area (Å²) in [5, 5.41) is 0.329. The van der Waals surface area contributed by atoms with Gasteiger partial charge in [-0.1, -0.05) is 140 Å². The summed E-state index contributed by atoms with van der Waals surface area (Å²) in [6.45, 7) is 6.19. The Morgan fingerprint density at radius 1 is 0.551 bits per heavy atom. The van der Waals surface area contributed by atoms with Gasteiger partial charge in [0.1, 0.15) is 13.2 Å². The summed E-state index contributed by atoms with van der Waals surface area (Å²) < 4.78 is 10.7. The minimum atomic E-state index is -0.0841. The van der Waals surface area contributed by atoms with Gasteiger partial charge in [-0.15, -0.1) is 0 Å². The highest BCUT2D eigenvalue weighted by atomic mass is 32.2. The van der Waals surface area contributed by atoms with E-state index in [-0.39, 0.29) is 11.9 Å². The van der Waals surface area contributed by atoms with Crippen molar-refractivity contribution in [2.75, 3.05) is 39.6 Å². The number of carbonyl (C=O) groups is 3. The molecule has 0 bridgehead atoms. The number of unbranched alkanes of at least 4 members (excludes halogenated alkanes) is 16. The SMILES string of the molecule is CCCCCC/C=C\COC(=O)CCCCCCCC(CCCCCCCC(=O)OC/C=C\CCCCCC)CSC(=O)CCCN(C)C. The van der Waals surface area contributed by atoms with Gasteiger partial charge in [0.25, 0.3) is 0 Å². The van der Waals surface area contributed by atoms with Crippen molar-refractivity contribution >= 4 is 28.8 Å². The first-order valence-corrected chi connectivity index (χ1v) is 21.3. The zero-order chi connectivity index (χ0) is 36.0. The lowest BCUT2D eigenvalue weighted by molar-refractivity contribution is -0.143. The van der Waals surface area contributed by atoms with E-state index in [2.05, 4.69) is 45.0 Å². The van der Waals surface area contributed by atoms with E-state index in [9.17, 15) is 14.4 Å². The van der Waals surface area contributed by atoms with Crippen molar-refractivity contribution in [3.05, 3.63) is 24.3 Å². The second-order valence-corrected chi connectivity index (χ2v) is 15.2. The van der Waals surface area contributed by atoms with Crippen molar-refractivity contribution in [3.63, 3.8) is 0 Å². The number of ether oxygens (including phenoxy) is 2. The van der Waals surface area contributed by atoms with Gasteiger partial charge in [0.2, 0.25) is 0 Å². The van der Waals surface area contributed by atoms with Gasteiger partial charge in [0, 0.05) is 25.0 Å². The van der Waals surface area contributed by atoms with Crippen molar-refractivity contribution in [1.29, 1.82) is 0 Å². The van der Waals surface area contributed by atoms with Crippen molar-refractivity contribution in [2.45, 2.75) is 181 Å². The molecule has 0 aromatic heterocycles. The van der Waals surface area contributed by atoms with Crippen LogP contribution in [-0.4, -0.2) is 61.6 Å². The Kier molecular flexibility index (Phi) is 36.4. The van der Waals surface area contributed by atoms with E-state index in [0.717, 1.165) is 70.1 Å². The molecule has 0 aliphatic rings. The lowest BCUT2D eigenvalue weighted by Crippen LogP contribution is -2.14. The molecule has 0 radical (unpaired) electrons. The summed E-state index contributed by atoms with van der Waals surface area (Å²) in [4.78, 5) is 38.7. The normalized spacial score (nSPS) is 11.8. The number of rotatable bonds is 36. The van der Waals surface area contributed by atoms with Gasteiger partial charge in [-0.05, 0) is 84.3 Å². The molecule has 0 saturated heterocycles. The molecule has 0 aromatic rings. The van der Waals surface area contributed by atoms with Gasteiger partial charge in [-0.25, -0.2) is 0 Å². The highest BCUT2D eigenvalue weighted by molar-refractivity contribution is 8.13.